The molecule has 3 N–H and O–H groups in total. The van der Waals surface area contributed by atoms with Crippen molar-refractivity contribution in [2.45, 2.75) is 6.04 Å². The van der Waals surface area contributed by atoms with Crippen LogP contribution in [-0.2, 0) is 4.79 Å². The van der Waals surface area contributed by atoms with E-state index in [4.69, 9.17) is 11.6 Å². The Bertz CT molecular complexity index is 1120. The van der Waals surface area contributed by atoms with Gasteiger partial charge in [0, 0.05) is 10.7 Å². The summed E-state index contributed by atoms with van der Waals surface area (Å²) < 4.78 is 14.6. The first kappa shape index (κ1) is 18.7. The lowest BCUT2D eigenvalue weighted by atomic mass is 10.0. The Kier molecular flexibility index (Phi) is 4.77. The number of hydrogen-bond acceptors (Lipinski definition) is 4. The molecule has 3 aromatic rings. The number of anilines is 2. The Labute approximate surface area is 169 Å². The summed E-state index contributed by atoms with van der Waals surface area (Å²) in [5, 5.41) is 19.7. The minimum absolute atomic E-state index is 0.0752. The van der Waals surface area contributed by atoms with E-state index in [1.54, 1.807) is 24.3 Å². The molecule has 0 bridgehead atoms. The molecule has 0 saturated heterocycles. The highest BCUT2D eigenvalue weighted by Crippen LogP contribution is 2.33. The maximum Gasteiger partial charge on any atom is 0.352 e. The van der Waals surface area contributed by atoms with Gasteiger partial charge in [0.25, 0.3) is 5.91 Å². The summed E-state index contributed by atoms with van der Waals surface area (Å²) >= 11 is 5.94. The summed E-state index contributed by atoms with van der Waals surface area (Å²) in [6, 6.07) is 11.7. The van der Waals surface area contributed by atoms with Gasteiger partial charge in [-0.25, -0.2) is 13.9 Å². The van der Waals surface area contributed by atoms with E-state index in [0.717, 1.165) is 5.56 Å². The zero-order valence-electron chi connectivity index (χ0n) is 14.8. The molecular formula is C20H14ClFN4O3. The van der Waals surface area contributed by atoms with Crippen molar-refractivity contribution in [2.75, 3.05) is 10.6 Å². The molecule has 1 amide bonds. The number of hydrogen-bond donors (Lipinski definition) is 3. The van der Waals surface area contributed by atoms with Gasteiger partial charge in [0.05, 0.1) is 12.2 Å². The standard InChI is InChI=1S/C20H14ClFN4O3/c21-12-3-1-11(2-4-12)17-9-16(20(28)29)25-18-15(10-23-26(17)18)19(27)24-14-7-5-13(22)6-8-14/h1-10,17,25H,(H,24,27)(H,28,29)/t17-/m0/s1. The number of fused-ring (bicyclic) bond motifs is 1. The average molecular weight is 413 g/mol. The minimum Gasteiger partial charge on any atom is -0.477 e. The monoisotopic (exact) mass is 412 g/mol. The van der Waals surface area contributed by atoms with E-state index in [9.17, 15) is 19.1 Å². The second-order valence-corrected chi connectivity index (χ2v) is 6.76. The molecular weight excluding hydrogens is 399 g/mol. The van der Waals surface area contributed by atoms with Gasteiger partial charge >= 0.3 is 5.97 Å². The molecule has 1 atom stereocenters. The van der Waals surface area contributed by atoms with Crippen LogP contribution in [0, 0.1) is 5.82 Å². The third kappa shape index (κ3) is 3.70. The molecule has 4 rings (SSSR count). The van der Waals surface area contributed by atoms with Crippen LogP contribution in [0.15, 0.2) is 66.5 Å². The molecule has 2 aromatic carbocycles. The maximum atomic E-state index is 13.1. The number of carboxylic acids is 1. The summed E-state index contributed by atoms with van der Waals surface area (Å²) in [4.78, 5) is 24.3. The number of carboxylic acid groups (broad SMARTS) is 1. The smallest absolute Gasteiger partial charge is 0.352 e. The third-order valence-electron chi connectivity index (χ3n) is 4.43. The van der Waals surface area contributed by atoms with Crippen molar-refractivity contribution in [1.82, 2.24) is 9.78 Å². The number of amides is 1. The number of rotatable bonds is 4. The van der Waals surface area contributed by atoms with E-state index in [1.807, 2.05) is 0 Å². The fourth-order valence-electron chi connectivity index (χ4n) is 3.02. The molecule has 0 aliphatic carbocycles. The first-order valence-corrected chi connectivity index (χ1v) is 8.92. The fraction of sp³-hybridized carbons (Fsp3) is 0.0500. The molecule has 7 nitrogen and oxygen atoms in total. The van der Waals surface area contributed by atoms with Gasteiger partial charge in [-0.05, 0) is 48.0 Å². The molecule has 1 aromatic heterocycles. The second kappa shape index (κ2) is 7.40. The van der Waals surface area contributed by atoms with Crippen LogP contribution in [0.4, 0.5) is 15.9 Å². The van der Waals surface area contributed by atoms with E-state index in [1.165, 1.54) is 41.2 Å². The quantitative estimate of drug-likeness (QED) is 0.603. The number of carbonyl (C=O) groups excluding carboxylic acids is 1. The summed E-state index contributed by atoms with van der Waals surface area (Å²) in [7, 11) is 0. The summed E-state index contributed by atoms with van der Waals surface area (Å²) in [5.41, 5.74) is 1.23. The molecule has 0 saturated carbocycles. The Morgan fingerprint density at radius 3 is 2.48 bits per heavy atom. The van der Waals surface area contributed by atoms with E-state index >= 15 is 0 Å². The number of aromatic nitrogens is 2. The van der Waals surface area contributed by atoms with Gasteiger partial charge in [0.1, 0.15) is 22.9 Å². The van der Waals surface area contributed by atoms with Crippen LogP contribution >= 0.6 is 11.6 Å². The zero-order chi connectivity index (χ0) is 20.5. The highest BCUT2D eigenvalue weighted by Gasteiger charge is 2.29. The van der Waals surface area contributed by atoms with Crippen molar-refractivity contribution in [3.05, 3.63) is 88.5 Å². The first-order valence-electron chi connectivity index (χ1n) is 8.54. The number of halogens is 2. The van der Waals surface area contributed by atoms with Crippen molar-refractivity contribution < 1.29 is 19.1 Å². The lowest BCUT2D eigenvalue weighted by Crippen LogP contribution is -2.25. The van der Waals surface area contributed by atoms with Crippen LogP contribution in [-0.4, -0.2) is 26.8 Å². The predicted molar refractivity (Wildman–Crippen MR) is 106 cm³/mol. The van der Waals surface area contributed by atoms with Gasteiger partial charge in [-0.1, -0.05) is 23.7 Å². The molecule has 146 valence electrons. The van der Waals surface area contributed by atoms with Crippen LogP contribution in [0.3, 0.4) is 0 Å². The lowest BCUT2D eigenvalue weighted by molar-refractivity contribution is -0.132. The van der Waals surface area contributed by atoms with Crippen molar-refractivity contribution in [2.24, 2.45) is 0 Å². The molecule has 0 unspecified atom stereocenters. The Balaban J connectivity index is 1.70. The van der Waals surface area contributed by atoms with Crippen molar-refractivity contribution in [1.29, 1.82) is 0 Å². The lowest BCUT2D eigenvalue weighted by Gasteiger charge is -2.24. The maximum absolute atomic E-state index is 13.1. The molecule has 0 radical (unpaired) electrons. The summed E-state index contributed by atoms with van der Waals surface area (Å²) in [6.45, 7) is 0. The number of nitrogens with zero attached hydrogens (tertiary/aromatic N) is 2. The van der Waals surface area contributed by atoms with Crippen molar-refractivity contribution >= 4 is 35.0 Å². The van der Waals surface area contributed by atoms with E-state index in [-0.39, 0.29) is 17.1 Å². The Morgan fingerprint density at radius 1 is 1.14 bits per heavy atom. The summed E-state index contributed by atoms with van der Waals surface area (Å²) in [6.07, 6.45) is 2.86. The molecule has 0 fully saturated rings. The minimum atomic E-state index is -1.17. The number of carbonyl (C=O) groups is 2. The van der Waals surface area contributed by atoms with Crippen LogP contribution in [0.2, 0.25) is 5.02 Å². The van der Waals surface area contributed by atoms with Crippen LogP contribution in [0.25, 0.3) is 0 Å². The van der Waals surface area contributed by atoms with Gasteiger partial charge in [0.15, 0.2) is 0 Å². The largest absolute Gasteiger partial charge is 0.477 e. The highest BCUT2D eigenvalue weighted by molar-refractivity contribution is 6.30. The number of allylic oxidation sites excluding steroid dienone is 1. The number of benzene rings is 2. The van der Waals surface area contributed by atoms with Gasteiger partial charge in [-0.2, -0.15) is 5.10 Å². The first-order chi connectivity index (χ1) is 13.9. The van der Waals surface area contributed by atoms with Crippen LogP contribution in [0.5, 0.6) is 0 Å². The molecule has 9 heteroatoms. The fourth-order valence-corrected chi connectivity index (χ4v) is 3.14. The average Bonchev–Trinajstić information content (AvgIpc) is 3.14. The second-order valence-electron chi connectivity index (χ2n) is 6.32. The van der Waals surface area contributed by atoms with E-state index < -0.39 is 23.7 Å². The molecule has 2 heterocycles. The Hall–Kier alpha value is -3.65. The zero-order valence-corrected chi connectivity index (χ0v) is 15.5. The van der Waals surface area contributed by atoms with Crippen molar-refractivity contribution in [3.63, 3.8) is 0 Å². The van der Waals surface area contributed by atoms with Gasteiger partial charge < -0.3 is 15.7 Å². The topological polar surface area (TPSA) is 96.2 Å². The van der Waals surface area contributed by atoms with Gasteiger partial charge in [-0.3, -0.25) is 4.79 Å². The third-order valence-corrected chi connectivity index (χ3v) is 4.68. The molecule has 29 heavy (non-hydrogen) atoms. The molecule has 1 aliphatic rings. The number of aliphatic carboxylic acids is 1. The highest BCUT2D eigenvalue weighted by atomic mass is 35.5. The normalized spacial score (nSPS) is 15.1. The van der Waals surface area contributed by atoms with Gasteiger partial charge in [-0.15, -0.1) is 0 Å². The molecule has 1 aliphatic heterocycles. The predicted octanol–water partition coefficient (Wildman–Crippen LogP) is 3.91. The van der Waals surface area contributed by atoms with Crippen LogP contribution < -0.4 is 10.6 Å². The van der Waals surface area contributed by atoms with E-state index in [0.29, 0.717) is 10.7 Å². The van der Waals surface area contributed by atoms with Crippen LogP contribution in [0.1, 0.15) is 22.0 Å². The summed E-state index contributed by atoms with van der Waals surface area (Å²) in [5.74, 6) is -1.85. The van der Waals surface area contributed by atoms with Crippen molar-refractivity contribution in [3.8, 4) is 0 Å². The molecule has 0 spiro atoms. The Morgan fingerprint density at radius 2 is 1.83 bits per heavy atom. The van der Waals surface area contributed by atoms with E-state index in [2.05, 4.69) is 15.7 Å². The SMILES string of the molecule is O=C(O)C1=C[C@@H](c2ccc(Cl)cc2)n2ncc(C(=O)Nc3ccc(F)cc3)c2N1. The number of nitrogens with one attached hydrogen (secondary N) is 2. The van der Waals surface area contributed by atoms with Gasteiger partial charge in [0.2, 0.25) is 0 Å².